The van der Waals surface area contributed by atoms with Gasteiger partial charge in [0.2, 0.25) is 0 Å². The summed E-state index contributed by atoms with van der Waals surface area (Å²) in [5.74, 6) is 0.817. The number of aromatic nitrogens is 2. The zero-order valence-electron chi connectivity index (χ0n) is 12.9. The normalized spacial score (nSPS) is 15.5. The van der Waals surface area contributed by atoms with Gasteiger partial charge >= 0.3 is 0 Å². The Kier molecular flexibility index (Phi) is 4.76. The van der Waals surface area contributed by atoms with E-state index in [4.69, 9.17) is 16.3 Å². The van der Waals surface area contributed by atoms with Gasteiger partial charge in [0, 0.05) is 56.3 Å². The molecule has 1 aliphatic heterocycles. The van der Waals surface area contributed by atoms with E-state index in [1.54, 1.807) is 24.7 Å². The van der Waals surface area contributed by atoms with Crippen molar-refractivity contribution in [1.29, 1.82) is 0 Å². The number of carbonyl (C=O) groups excluding carboxylic acids is 1. The number of carbonyl (C=O) groups is 1. The number of rotatable bonds is 3. The van der Waals surface area contributed by atoms with E-state index in [0.29, 0.717) is 23.7 Å². The Morgan fingerprint density at radius 1 is 1.22 bits per heavy atom. The molecule has 1 fully saturated rings. The Morgan fingerprint density at radius 2 is 1.91 bits per heavy atom. The Morgan fingerprint density at radius 3 is 2.61 bits per heavy atom. The molecule has 3 heterocycles. The third-order valence-electron chi connectivity index (χ3n) is 3.99. The van der Waals surface area contributed by atoms with Crippen LogP contribution in [0.3, 0.4) is 0 Å². The number of pyridine rings is 2. The summed E-state index contributed by atoms with van der Waals surface area (Å²) in [7, 11) is 0. The predicted octanol–water partition coefficient (Wildman–Crippen LogP) is 3.12. The second kappa shape index (κ2) is 6.96. The molecule has 0 unspecified atom stereocenters. The average molecular weight is 332 g/mol. The standard InChI is InChI=1S/C17H18ClN3O2/c1-12-10-19-7-3-16(12)23-13-4-8-21(9-5-13)17(22)14-2-6-20-11-15(14)18/h2-3,6-7,10-11,13H,4-5,8-9H2,1H3. The van der Waals surface area contributed by atoms with Crippen molar-refractivity contribution >= 4 is 17.5 Å². The second-order valence-electron chi connectivity index (χ2n) is 5.61. The van der Waals surface area contributed by atoms with Crippen LogP contribution >= 0.6 is 11.6 Å². The molecule has 1 amide bonds. The smallest absolute Gasteiger partial charge is 0.255 e. The molecule has 0 saturated carbocycles. The maximum atomic E-state index is 12.5. The summed E-state index contributed by atoms with van der Waals surface area (Å²) < 4.78 is 6.03. The first-order valence-corrected chi connectivity index (χ1v) is 7.99. The molecular weight excluding hydrogens is 314 g/mol. The third-order valence-corrected chi connectivity index (χ3v) is 4.30. The van der Waals surface area contributed by atoms with Crippen molar-refractivity contribution in [2.45, 2.75) is 25.9 Å². The van der Waals surface area contributed by atoms with Crippen molar-refractivity contribution in [3.63, 3.8) is 0 Å². The van der Waals surface area contributed by atoms with Crippen molar-refractivity contribution in [2.75, 3.05) is 13.1 Å². The molecule has 2 aromatic heterocycles. The largest absolute Gasteiger partial charge is 0.490 e. The van der Waals surface area contributed by atoms with Gasteiger partial charge in [0.25, 0.3) is 5.91 Å². The average Bonchev–Trinajstić information content (AvgIpc) is 2.57. The van der Waals surface area contributed by atoms with Crippen molar-refractivity contribution in [1.82, 2.24) is 14.9 Å². The lowest BCUT2D eigenvalue weighted by atomic mass is 10.1. The zero-order chi connectivity index (χ0) is 16.2. The number of ether oxygens (including phenoxy) is 1. The lowest BCUT2D eigenvalue weighted by Crippen LogP contribution is -2.42. The molecule has 120 valence electrons. The van der Waals surface area contributed by atoms with Crippen LogP contribution in [0.2, 0.25) is 5.02 Å². The molecule has 0 atom stereocenters. The van der Waals surface area contributed by atoms with Crippen molar-refractivity contribution in [2.24, 2.45) is 0 Å². The van der Waals surface area contributed by atoms with Crippen LogP contribution in [0.1, 0.15) is 28.8 Å². The number of aryl methyl sites for hydroxylation is 1. The van der Waals surface area contributed by atoms with Crippen LogP contribution in [0, 0.1) is 6.92 Å². The van der Waals surface area contributed by atoms with Crippen LogP contribution in [0.15, 0.2) is 36.9 Å². The van der Waals surface area contributed by atoms with E-state index in [0.717, 1.165) is 24.2 Å². The van der Waals surface area contributed by atoms with Gasteiger partial charge in [0.05, 0.1) is 10.6 Å². The van der Waals surface area contributed by atoms with E-state index in [9.17, 15) is 4.79 Å². The Balaban J connectivity index is 1.59. The van der Waals surface area contributed by atoms with Gasteiger partial charge in [-0.05, 0) is 19.1 Å². The molecule has 1 saturated heterocycles. The van der Waals surface area contributed by atoms with E-state index in [-0.39, 0.29) is 12.0 Å². The number of halogens is 1. The summed E-state index contributed by atoms with van der Waals surface area (Å²) in [5, 5.41) is 0.392. The Hall–Kier alpha value is -2.14. The molecule has 5 nitrogen and oxygen atoms in total. The van der Waals surface area contributed by atoms with E-state index >= 15 is 0 Å². The van der Waals surface area contributed by atoms with Gasteiger partial charge < -0.3 is 9.64 Å². The van der Waals surface area contributed by atoms with Crippen LogP contribution in [-0.2, 0) is 0 Å². The first-order valence-electron chi connectivity index (χ1n) is 7.61. The van der Waals surface area contributed by atoms with Crippen LogP contribution in [-0.4, -0.2) is 40.0 Å². The van der Waals surface area contributed by atoms with E-state index in [2.05, 4.69) is 9.97 Å². The maximum Gasteiger partial charge on any atom is 0.255 e. The van der Waals surface area contributed by atoms with Gasteiger partial charge in [-0.2, -0.15) is 0 Å². The van der Waals surface area contributed by atoms with Crippen molar-refractivity contribution < 1.29 is 9.53 Å². The van der Waals surface area contributed by atoms with Crippen LogP contribution < -0.4 is 4.74 Å². The van der Waals surface area contributed by atoms with Crippen molar-refractivity contribution in [3.8, 4) is 5.75 Å². The molecule has 0 N–H and O–H groups in total. The summed E-state index contributed by atoms with van der Waals surface area (Å²) in [6.07, 6.45) is 8.32. The van der Waals surface area contributed by atoms with Crippen LogP contribution in [0.5, 0.6) is 5.75 Å². The summed E-state index contributed by atoms with van der Waals surface area (Å²) in [6, 6.07) is 3.54. The van der Waals surface area contributed by atoms with E-state index in [1.165, 1.54) is 6.20 Å². The Bertz CT molecular complexity index is 700. The summed E-state index contributed by atoms with van der Waals surface area (Å²) in [5.41, 5.74) is 1.53. The fourth-order valence-corrected chi connectivity index (χ4v) is 2.87. The Labute approximate surface area is 140 Å². The number of hydrogen-bond acceptors (Lipinski definition) is 4. The number of nitrogens with zero attached hydrogens (tertiary/aromatic N) is 3. The summed E-state index contributed by atoms with van der Waals surface area (Å²) >= 11 is 6.05. The van der Waals surface area contributed by atoms with Gasteiger partial charge in [-0.3, -0.25) is 14.8 Å². The zero-order valence-corrected chi connectivity index (χ0v) is 13.7. The maximum absolute atomic E-state index is 12.5. The van der Waals surface area contributed by atoms with Gasteiger partial charge in [0.1, 0.15) is 11.9 Å². The highest BCUT2D eigenvalue weighted by molar-refractivity contribution is 6.33. The highest BCUT2D eigenvalue weighted by Crippen LogP contribution is 2.23. The quantitative estimate of drug-likeness (QED) is 0.867. The number of likely N-dealkylation sites (tertiary alicyclic amines) is 1. The fourth-order valence-electron chi connectivity index (χ4n) is 2.67. The molecule has 2 aromatic rings. The minimum atomic E-state index is -0.0454. The van der Waals surface area contributed by atoms with Gasteiger partial charge in [-0.25, -0.2) is 0 Å². The van der Waals surface area contributed by atoms with Crippen LogP contribution in [0.4, 0.5) is 0 Å². The molecule has 23 heavy (non-hydrogen) atoms. The first kappa shape index (κ1) is 15.7. The molecule has 3 rings (SSSR count). The molecule has 0 radical (unpaired) electrons. The molecular formula is C17H18ClN3O2. The highest BCUT2D eigenvalue weighted by Gasteiger charge is 2.26. The number of piperidine rings is 1. The lowest BCUT2D eigenvalue weighted by molar-refractivity contribution is 0.0594. The minimum Gasteiger partial charge on any atom is -0.490 e. The van der Waals surface area contributed by atoms with E-state index in [1.807, 2.05) is 17.9 Å². The molecule has 0 bridgehead atoms. The van der Waals surface area contributed by atoms with E-state index < -0.39 is 0 Å². The van der Waals surface area contributed by atoms with Crippen LogP contribution in [0.25, 0.3) is 0 Å². The number of amides is 1. The fraction of sp³-hybridized carbons (Fsp3) is 0.353. The van der Waals surface area contributed by atoms with Gasteiger partial charge in [0.15, 0.2) is 0 Å². The van der Waals surface area contributed by atoms with Crippen molar-refractivity contribution in [3.05, 3.63) is 53.1 Å². The monoisotopic (exact) mass is 331 g/mol. The SMILES string of the molecule is Cc1cnccc1OC1CCN(C(=O)c2ccncc2Cl)CC1. The predicted molar refractivity (Wildman–Crippen MR) is 87.8 cm³/mol. The second-order valence-corrected chi connectivity index (χ2v) is 6.01. The molecule has 0 spiro atoms. The van der Waals surface area contributed by atoms with Gasteiger partial charge in [-0.1, -0.05) is 11.6 Å². The molecule has 1 aliphatic rings. The highest BCUT2D eigenvalue weighted by atomic mass is 35.5. The first-order chi connectivity index (χ1) is 11.1. The van der Waals surface area contributed by atoms with Gasteiger partial charge in [-0.15, -0.1) is 0 Å². The lowest BCUT2D eigenvalue weighted by Gasteiger charge is -2.32. The molecule has 0 aliphatic carbocycles. The summed E-state index contributed by atoms with van der Waals surface area (Å²) in [4.78, 5) is 22.3. The third kappa shape index (κ3) is 3.62. The minimum absolute atomic E-state index is 0.0454. The number of hydrogen-bond donors (Lipinski definition) is 0. The molecule has 6 heteroatoms. The molecule has 0 aromatic carbocycles. The topological polar surface area (TPSA) is 55.3 Å². The summed E-state index contributed by atoms with van der Waals surface area (Å²) in [6.45, 7) is 3.30.